The maximum atomic E-state index is 5.72. The second-order valence-corrected chi connectivity index (χ2v) is 3.63. The monoisotopic (exact) mass is 261 g/mol. The summed E-state index contributed by atoms with van der Waals surface area (Å²) in [7, 11) is 1.77. The van der Waals surface area contributed by atoms with Gasteiger partial charge in [0.25, 0.3) is 0 Å². The minimum absolute atomic E-state index is 0.387. The second-order valence-electron chi connectivity index (χ2n) is 1.77. The van der Waals surface area contributed by atoms with E-state index in [-0.39, 0.29) is 0 Å². The van der Waals surface area contributed by atoms with E-state index in [2.05, 4.69) is 15.9 Å². The Bertz CT molecular complexity index is 188. The van der Waals surface area contributed by atoms with Gasteiger partial charge in [0.15, 0.2) is 0 Å². The predicted octanol–water partition coefficient (Wildman–Crippen LogP) is 3.75. The van der Waals surface area contributed by atoms with E-state index in [0.29, 0.717) is 19.8 Å². The Morgan fingerprint density at radius 2 is 1.70 bits per heavy atom. The van der Waals surface area contributed by atoms with Crippen LogP contribution < -0.4 is 0 Å². The van der Waals surface area contributed by atoms with Crippen LogP contribution in [-0.4, -0.2) is 4.57 Å². The van der Waals surface area contributed by atoms with Gasteiger partial charge in [0, 0.05) is 7.05 Å². The second kappa shape index (κ2) is 2.94. The highest BCUT2D eigenvalue weighted by atomic mass is 79.9. The highest BCUT2D eigenvalue weighted by Gasteiger charge is 2.13. The molecule has 5 heteroatoms. The lowest BCUT2D eigenvalue weighted by Crippen LogP contribution is -1.85. The number of aromatic nitrogens is 1. The maximum Gasteiger partial charge on any atom is 0.129 e. The van der Waals surface area contributed by atoms with E-state index >= 15 is 0 Å². The number of hydrogen-bond acceptors (Lipinski definition) is 0. The molecule has 0 unspecified atom stereocenters. The smallest absolute Gasteiger partial charge is 0.129 e. The predicted molar refractivity (Wildman–Crippen MR) is 48.1 cm³/mol. The Morgan fingerprint density at radius 1 is 1.20 bits per heavy atom. The summed E-state index contributed by atoms with van der Waals surface area (Å²) in [6.45, 7) is 0. The Balaban J connectivity index is 3.44. The van der Waals surface area contributed by atoms with Crippen molar-refractivity contribution in [3.05, 3.63) is 19.8 Å². The molecule has 1 aromatic rings. The van der Waals surface area contributed by atoms with Gasteiger partial charge in [-0.1, -0.05) is 34.8 Å². The summed E-state index contributed by atoms with van der Waals surface area (Å²) in [5.74, 6) is 0. The maximum absolute atomic E-state index is 5.72. The van der Waals surface area contributed by atoms with Crippen molar-refractivity contribution >= 4 is 50.7 Å². The van der Waals surface area contributed by atoms with Gasteiger partial charge in [0.1, 0.15) is 9.76 Å². The molecule has 0 aliphatic rings. The van der Waals surface area contributed by atoms with Crippen LogP contribution in [0.25, 0.3) is 0 Å². The van der Waals surface area contributed by atoms with Crippen molar-refractivity contribution in [1.29, 1.82) is 0 Å². The zero-order chi connectivity index (χ0) is 7.89. The van der Waals surface area contributed by atoms with Crippen LogP contribution in [0.4, 0.5) is 0 Å². The highest BCUT2D eigenvalue weighted by Crippen LogP contribution is 2.37. The van der Waals surface area contributed by atoms with Gasteiger partial charge in [-0.25, -0.2) is 0 Å². The topological polar surface area (TPSA) is 4.93 Å². The fourth-order valence-corrected chi connectivity index (χ4v) is 1.81. The molecule has 0 atom stereocenters. The van der Waals surface area contributed by atoms with Crippen molar-refractivity contribution in [3.63, 3.8) is 0 Å². The quantitative estimate of drug-likeness (QED) is 0.672. The van der Waals surface area contributed by atoms with Crippen LogP contribution in [-0.2, 0) is 7.05 Å². The summed E-state index contributed by atoms with van der Waals surface area (Å²) in [4.78, 5) is 0. The summed E-state index contributed by atoms with van der Waals surface area (Å²) < 4.78 is 2.36. The minimum atomic E-state index is 0.387. The van der Waals surface area contributed by atoms with Gasteiger partial charge in [-0.15, -0.1) is 0 Å². The standard InChI is InChI=1S/C5H3BrCl3N/c1-10-4(6)2(7)3(8)5(10)9/h1H3. The van der Waals surface area contributed by atoms with Crippen molar-refractivity contribution in [3.8, 4) is 0 Å². The molecule has 1 aromatic heterocycles. The third-order valence-corrected chi connectivity index (χ3v) is 3.67. The number of nitrogens with zero attached hydrogens (tertiary/aromatic N) is 1. The summed E-state index contributed by atoms with van der Waals surface area (Å²) in [6.07, 6.45) is 0. The first-order chi connectivity index (χ1) is 4.55. The molecule has 0 N–H and O–H groups in total. The summed E-state index contributed by atoms with van der Waals surface area (Å²) >= 11 is 20.3. The van der Waals surface area contributed by atoms with Gasteiger partial charge < -0.3 is 4.57 Å². The average Bonchev–Trinajstić information content (AvgIpc) is 2.07. The van der Waals surface area contributed by atoms with Crippen molar-refractivity contribution in [1.82, 2.24) is 4.57 Å². The van der Waals surface area contributed by atoms with Gasteiger partial charge in [0.05, 0.1) is 10.0 Å². The Morgan fingerprint density at radius 3 is 1.80 bits per heavy atom. The average molecular weight is 263 g/mol. The van der Waals surface area contributed by atoms with Gasteiger partial charge in [-0.2, -0.15) is 0 Å². The molecule has 0 aromatic carbocycles. The molecule has 0 aliphatic heterocycles. The van der Waals surface area contributed by atoms with Gasteiger partial charge in [-0.3, -0.25) is 0 Å². The third kappa shape index (κ3) is 1.18. The first kappa shape index (κ1) is 8.72. The molecule has 0 amide bonds. The van der Waals surface area contributed by atoms with E-state index in [1.54, 1.807) is 11.6 Å². The zero-order valence-corrected chi connectivity index (χ0v) is 8.81. The van der Waals surface area contributed by atoms with E-state index in [1.165, 1.54) is 0 Å². The van der Waals surface area contributed by atoms with Crippen LogP contribution in [0.1, 0.15) is 0 Å². The molecule has 1 rings (SSSR count). The van der Waals surface area contributed by atoms with E-state index in [4.69, 9.17) is 34.8 Å². The Kier molecular flexibility index (Phi) is 2.56. The van der Waals surface area contributed by atoms with E-state index < -0.39 is 0 Å². The van der Waals surface area contributed by atoms with E-state index in [0.717, 1.165) is 0 Å². The number of rotatable bonds is 0. The molecule has 0 saturated carbocycles. The van der Waals surface area contributed by atoms with E-state index in [1.807, 2.05) is 0 Å². The summed E-state index contributed by atoms with van der Waals surface area (Å²) in [5.41, 5.74) is 0. The molecule has 10 heavy (non-hydrogen) atoms. The molecule has 0 radical (unpaired) electrons. The lowest BCUT2D eigenvalue weighted by atomic mass is 10.7. The van der Waals surface area contributed by atoms with Crippen molar-refractivity contribution in [2.75, 3.05) is 0 Å². The fourth-order valence-electron chi connectivity index (χ4n) is 0.562. The van der Waals surface area contributed by atoms with Gasteiger partial charge >= 0.3 is 0 Å². The van der Waals surface area contributed by atoms with Crippen LogP contribution in [0.15, 0.2) is 4.60 Å². The number of hydrogen-bond donors (Lipinski definition) is 0. The normalized spacial score (nSPS) is 10.5. The van der Waals surface area contributed by atoms with Crippen molar-refractivity contribution < 1.29 is 0 Å². The summed E-state index contributed by atoms with van der Waals surface area (Å²) in [6, 6.07) is 0. The SMILES string of the molecule is Cn1c(Cl)c(Cl)c(Cl)c1Br. The van der Waals surface area contributed by atoms with Crippen LogP contribution in [0, 0.1) is 0 Å². The van der Waals surface area contributed by atoms with Crippen molar-refractivity contribution in [2.24, 2.45) is 7.05 Å². The Hall–Kier alpha value is 0.630. The molecule has 56 valence electrons. The molecule has 0 saturated heterocycles. The van der Waals surface area contributed by atoms with E-state index in [9.17, 15) is 0 Å². The van der Waals surface area contributed by atoms with Crippen LogP contribution >= 0.6 is 50.7 Å². The molecular weight excluding hydrogens is 260 g/mol. The lowest BCUT2D eigenvalue weighted by molar-refractivity contribution is 0.903. The molecule has 0 aliphatic carbocycles. The zero-order valence-electron chi connectivity index (χ0n) is 4.96. The largest absolute Gasteiger partial charge is 0.327 e. The molecular formula is C5H3BrCl3N. The molecule has 0 fully saturated rings. The molecule has 1 heterocycles. The Labute approximate surface area is 82.0 Å². The van der Waals surface area contributed by atoms with Crippen LogP contribution in [0.2, 0.25) is 15.2 Å². The third-order valence-electron chi connectivity index (χ3n) is 1.14. The number of halogens is 4. The van der Waals surface area contributed by atoms with Crippen LogP contribution in [0.3, 0.4) is 0 Å². The molecule has 0 spiro atoms. The van der Waals surface area contributed by atoms with Crippen LogP contribution in [0.5, 0.6) is 0 Å². The van der Waals surface area contributed by atoms with Gasteiger partial charge in [0.2, 0.25) is 0 Å². The first-order valence-corrected chi connectivity index (χ1v) is 4.33. The van der Waals surface area contributed by atoms with Gasteiger partial charge in [-0.05, 0) is 15.9 Å². The highest BCUT2D eigenvalue weighted by molar-refractivity contribution is 9.10. The van der Waals surface area contributed by atoms with Crippen molar-refractivity contribution in [2.45, 2.75) is 0 Å². The fraction of sp³-hybridized carbons (Fsp3) is 0.200. The summed E-state index contributed by atoms with van der Waals surface area (Å²) in [5, 5.41) is 1.28. The minimum Gasteiger partial charge on any atom is -0.327 e. The first-order valence-electron chi connectivity index (χ1n) is 2.40. The molecule has 1 nitrogen and oxygen atoms in total. The molecule has 0 bridgehead atoms. The lowest BCUT2D eigenvalue weighted by Gasteiger charge is -1.93.